The summed E-state index contributed by atoms with van der Waals surface area (Å²) in [5, 5.41) is 5.33. The molecule has 2 aromatic carbocycles. The summed E-state index contributed by atoms with van der Waals surface area (Å²) < 4.78 is 5.43. The van der Waals surface area contributed by atoms with Gasteiger partial charge in [0.25, 0.3) is 5.91 Å². The molecule has 3 heterocycles. The van der Waals surface area contributed by atoms with E-state index >= 15 is 0 Å². The summed E-state index contributed by atoms with van der Waals surface area (Å²) in [7, 11) is 1.66. The smallest absolute Gasteiger partial charge is 0.251 e. The highest BCUT2D eigenvalue weighted by atomic mass is 16.5. The molecule has 0 aliphatic carbocycles. The highest BCUT2D eigenvalue weighted by Crippen LogP contribution is 2.28. The molecule has 3 aliphatic rings. The number of fused-ring (bicyclic) bond motifs is 5. The maximum absolute atomic E-state index is 12.7. The van der Waals surface area contributed by atoms with Gasteiger partial charge in [0.1, 0.15) is 5.75 Å². The Balaban J connectivity index is 1.55. The van der Waals surface area contributed by atoms with Crippen LogP contribution < -0.4 is 10.1 Å². The first-order valence-electron chi connectivity index (χ1n) is 8.83. The summed E-state index contributed by atoms with van der Waals surface area (Å²) in [5.41, 5.74) is 0.707. The molecule has 0 unspecified atom stereocenters. The molecule has 4 nitrogen and oxygen atoms in total. The summed E-state index contributed by atoms with van der Waals surface area (Å²) >= 11 is 0. The maximum atomic E-state index is 12.7. The molecular formula is C20H24N2O2. The first kappa shape index (κ1) is 15.5. The number of ether oxygens (including phenoxy) is 1. The molecule has 3 aliphatic heterocycles. The highest BCUT2D eigenvalue weighted by molar-refractivity contribution is 6.00. The van der Waals surface area contributed by atoms with E-state index in [0.29, 0.717) is 5.56 Å². The second-order valence-corrected chi connectivity index (χ2v) is 7.05. The fourth-order valence-electron chi connectivity index (χ4n) is 4.13. The summed E-state index contributed by atoms with van der Waals surface area (Å²) in [5.74, 6) is 1.60. The second-order valence-electron chi connectivity index (χ2n) is 7.05. The Labute approximate surface area is 142 Å². The standard InChI is InChI=1S/C20H24N2O2/c1-24-19-4-2-3-15-5-6-16(12-18(15)19)20(23)21-17-11-14-7-9-22(13-17)10-8-14/h2-6,12,14,17H,7-11,13H2,1H3,(H,21,23)/t17-/m1/s1. The van der Waals surface area contributed by atoms with Crippen molar-refractivity contribution in [2.24, 2.45) is 5.92 Å². The van der Waals surface area contributed by atoms with E-state index in [0.717, 1.165) is 35.4 Å². The van der Waals surface area contributed by atoms with Gasteiger partial charge in [-0.05, 0) is 61.9 Å². The number of benzene rings is 2. The highest BCUT2D eigenvalue weighted by Gasteiger charge is 2.29. The number of hydrogen-bond acceptors (Lipinski definition) is 3. The van der Waals surface area contributed by atoms with Gasteiger partial charge in [0.15, 0.2) is 0 Å². The lowest BCUT2D eigenvalue weighted by Gasteiger charge is -2.26. The SMILES string of the molecule is COc1cccc2ccc(C(=O)N[C@@H]3CC4CCN(CC4)C3)cc12. The lowest BCUT2D eigenvalue weighted by Crippen LogP contribution is -2.41. The predicted octanol–water partition coefficient (Wildman–Crippen LogP) is 3.06. The Morgan fingerprint density at radius 3 is 2.83 bits per heavy atom. The van der Waals surface area contributed by atoms with E-state index in [1.807, 2.05) is 36.4 Å². The van der Waals surface area contributed by atoms with Gasteiger partial charge in [-0.3, -0.25) is 4.79 Å². The molecule has 1 atom stereocenters. The van der Waals surface area contributed by atoms with Gasteiger partial charge in [-0.15, -0.1) is 0 Å². The fraction of sp³-hybridized carbons (Fsp3) is 0.450. The van der Waals surface area contributed by atoms with Gasteiger partial charge in [0.05, 0.1) is 7.11 Å². The topological polar surface area (TPSA) is 41.6 Å². The number of rotatable bonds is 3. The number of amides is 1. The number of methoxy groups -OCH3 is 1. The third kappa shape index (κ3) is 2.98. The third-order valence-corrected chi connectivity index (χ3v) is 5.46. The van der Waals surface area contributed by atoms with Gasteiger partial charge < -0.3 is 15.0 Å². The average Bonchev–Trinajstić information content (AvgIpc) is 2.93. The van der Waals surface area contributed by atoms with Crippen molar-refractivity contribution in [1.82, 2.24) is 10.2 Å². The maximum Gasteiger partial charge on any atom is 0.251 e. The van der Waals surface area contributed by atoms with Gasteiger partial charge in [0, 0.05) is 23.5 Å². The van der Waals surface area contributed by atoms with E-state index in [-0.39, 0.29) is 11.9 Å². The minimum Gasteiger partial charge on any atom is -0.496 e. The Bertz CT molecular complexity index is 736. The van der Waals surface area contributed by atoms with Crippen LogP contribution in [0.15, 0.2) is 36.4 Å². The Morgan fingerprint density at radius 2 is 2.04 bits per heavy atom. The molecule has 1 amide bonds. The normalized spacial score (nSPS) is 26.1. The van der Waals surface area contributed by atoms with Crippen molar-refractivity contribution in [3.63, 3.8) is 0 Å². The zero-order valence-electron chi connectivity index (χ0n) is 14.1. The van der Waals surface area contributed by atoms with Crippen LogP contribution in [0.25, 0.3) is 10.8 Å². The lowest BCUT2D eigenvalue weighted by molar-refractivity contribution is 0.0929. The monoisotopic (exact) mass is 324 g/mol. The molecular weight excluding hydrogens is 300 g/mol. The zero-order chi connectivity index (χ0) is 16.5. The number of carbonyl (C=O) groups is 1. The van der Waals surface area contributed by atoms with E-state index in [1.54, 1.807) is 7.11 Å². The average molecular weight is 324 g/mol. The van der Waals surface area contributed by atoms with Gasteiger partial charge in [-0.2, -0.15) is 0 Å². The summed E-state index contributed by atoms with van der Waals surface area (Å²) in [6.07, 6.45) is 3.66. The van der Waals surface area contributed by atoms with Crippen LogP contribution in [-0.2, 0) is 0 Å². The Kier molecular flexibility index (Phi) is 4.15. The van der Waals surface area contributed by atoms with E-state index in [2.05, 4.69) is 10.2 Å². The van der Waals surface area contributed by atoms with Crippen molar-refractivity contribution in [3.8, 4) is 5.75 Å². The number of piperidine rings is 1. The quantitative estimate of drug-likeness (QED) is 0.943. The summed E-state index contributed by atoms with van der Waals surface area (Å²) in [6, 6.07) is 12.0. The van der Waals surface area contributed by atoms with Crippen molar-refractivity contribution in [3.05, 3.63) is 42.0 Å². The van der Waals surface area contributed by atoms with Crippen LogP contribution in [0.5, 0.6) is 5.75 Å². The van der Waals surface area contributed by atoms with Crippen molar-refractivity contribution in [2.75, 3.05) is 26.7 Å². The van der Waals surface area contributed by atoms with Gasteiger partial charge >= 0.3 is 0 Å². The molecule has 0 radical (unpaired) electrons. The van der Waals surface area contributed by atoms with Crippen LogP contribution in [-0.4, -0.2) is 43.6 Å². The zero-order valence-corrected chi connectivity index (χ0v) is 14.1. The second kappa shape index (κ2) is 6.44. The molecule has 24 heavy (non-hydrogen) atoms. The number of nitrogens with zero attached hydrogens (tertiary/aromatic N) is 1. The molecule has 126 valence electrons. The van der Waals surface area contributed by atoms with Crippen molar-refractivity contribution >= 4 is 16.7 Å². The fourth-order valence-corrected chi connectivity index (χ4v) is 4.13. The minimum absolute atomic E-state index is 0.0234. The van der Waals surface area contributed by atoms with Crippen LogP contribution in [0.1, 0.15) is 29.6 Å². The van der Waals surface area contributed by atoms with E-state index in [9.17, 15) is 4.79 Å². The van der Waals surface area contributed by atoms with E-state index < -0.39 is 0 Å². The molecule has 5 rings (SSSR count). The summed E-state index contributed by atoms with van der Waals surface area (Å²) in [4.78, 5) is 15.2. The molecule has 1 N–H and O–H groups in total. The molecule has 3 fully saturated rings. The molecule has 0 aromatic heterocycles. The van der Waals surface area contributed by atoms with Crippen LogP contribution in [0.4, 0.5) is 0 Å². The molecule has 2 aromatic rings. The van der Waals surface area contributed by atoms with Crippen LogP contribution in [0.2, 0.25) is 0 Å². The number of nitrogens with one attached hydrogen (secondary N) is 1. The van der Waals surface area contributed by atoms with Crippen LogP contribution in [0.3, 0.4) is 0 Å². The third-order valence-electron chi connectivity index (χ3n) is 5.46. The lowest BCUT2D eigenvalue weighted by atomic mass is 9.94. The molecule has 0 saturated carbocycles. The molecule has 2 bridgehead atoms. The first-order chi connectivity index (χ1) is 11.7. The minimum atomic E-state index is 0.0234. The van der Waals surface area contributed by atoms with Crippen molar-refractivity contribution < 1.29 is 9.53 Å². The Morgan fingerprint density at radius 1 is 1.21 bits per heavy atom. The van der Waals surface area contributed by atoms with Crippen LogP contribution >= 0.6 is 0 Å². The van der Waals surface area contributed by atoms with Gasteiger partial charge in [-0.1, -0.05) is 18.2 Å². The molecule has 0 spiro atoms. The number of carbonyl (C=O) groups excluding carboxylic acids is 1. The predicted molar refractivity (Wildman–Crippen MR) is 95.5 cm³/mol. The van der Waals surface area contributed by atoms with Crippen molar-refractivity contribution in [2.45, 2.75) is 25.3 Å². The molecule has 4 heteroatoms. The van der Waals surface area contributed by atoms with Gasteiger partial charge in [-0.25, -0.2) is 0 Å². The Hall–Kier alpha value is -2.07. The van der Waals surface area contributed by atoms with E-state index in [4.69, 9.17) is 4.74 Å². The summed E-state index contributed by atoms with van der Waals surface area (Å²) in [6.45, 7) is 3.35. The largest absolute Gasteiger partial charge is 0.496 e. The molecule has 3 saturated heterocycles. The van der Waals surface area contributed by atoms with Crippen LogP contribution in [0, 0.1) is 5.92 Å². The first-order valence-corrected chi connectivity index (χ1v) is 8.83. The number of hydrogen-bond donors (Lipinski definition) is 1. The van der Waals surface area contributed by atoms with Gasteiger partial charge in [0.2, 0.25) is 0 Å². The van der Waals surface area contributed by atoms with Crippen molar-refractivity contribution in [1.29, 1.82) is 0 Å². The van der Waals surface area contributed by atoms with E-state index in [1.165, 1.54) is 25.9 Å².